The number of fused-ring (bicyclic) bond motifs is 1. The molecule has 0 atom stereocenters. The predicted molar refractivity (Wildman–Crippen MR) is 138 cm³/mol. The Kier molecular flexibility index (Phi) is 5.66. The molecular weight excluding hydrogens is 470 g/mol. The van der Waals surface area contributed by atoms with Gasteiger partial charge in [-0.1, -0.05) is 54.3 Å². The fourth-order valence-electron chi connectivity index (χ4n) is 4.08. The molecule has 9 heteroatoms. The standard InChI is InChI=1S/C25H21N3O4S2/c1-15-21(24(30)28(26(15)2)18-9-5-4-6-10-18)27-23(29)20(34-25(27)33)13-16-12-17-8-7-11-19(31-3)22(17)32-14-16/h4-13H,14H2,1-3H3. The number of amides is 1. The van der Waals surface area contributed by atoms with Gasteiger partial charge in [0.05, 0.1) is 23.4 Å². The molecule has 3 heterocycles. The van der Waals surface area contributed by atoms with Gasteiger partial charge in [-0.15, -0.1) is 0 Å². The van der Waals surface area contributed by atoms with Crippen LogP contribution in [0, 0.1) is 6.92 Å². The van der Waals surface area contributed by atoms with E-state index in [9.17, 15) is 9.59 Å². The molecule has 1 saturated heterocycles. The molecule has 0 aliphatic carbocycles. The topological polar surface area (TPSA) is 65.7 Å². The Balaban J connectivity index is 1.51. The van der Waals surface area contributed by atoms with Gasteiger partial charge in [-0.3, -0.25) is 19.2 Å². The number of thiocarbonyl (C=S) groups is 1. The van der Waals surface area contributed by atoms with E-state index in [1.807, 2.05) is 54.6 Å². The molecule has 0 unspecified atom stereocenters. The first-order valence-electron chi connectivity index (χ1n) is 10.5. The Labute approximate surface area is 205 Å². The summed E-state index contributed by atoms with van der Waals surface area (Å²) in [5.41, 5.74) is 3.02. The summed E-state index contributed by atoms with van der Waals surface area (Å²) in [7, 11) is 3.39. The maximum atomic E-state index is 13.4. The number of thioether (sulfide) groups is 1. The molecular formula is C25H21N3O4S2. The number of ether oxygens (including phenoxy) is 2. The number of para-hydroxylation sites is 2. The minimum absolute atomic E-state index is 0.265. The largest absolute Gasteiger partial charge is 0.493 e. The van der Waals surface area contributed by atoms with Crippen LogP contribution in [0.4, 0.5) is 5.69 Å². The Hall–Kier alpha value is -3.56. The second kappa shape index (κ2) is 8.66. The molecule has 0 N–H and O–H groups in total. The quantitative estimate of drug-likeness (QED) is 0.402. The van der Waals surface area contributed by atoms with E-state index < -0.39 is 0 Å². The summed E-state index contributed by atoms with van der Waals surface area (Å²) >= 11 is 6.71. The highest BCUT2D eigenvalue weighted by molar-refractivity contribution is 8.27. The molecule has 2 aromatic carbocycles. The smallest absolute Gasteiger partial charge is 0.296 e. The zero-order valence-corrected chi connectivity index (χ0v) is 20.4. The molecule has 2 aliphatic rings. The fraction of sp³-hybridized carbons (Fsp3) is 0.160. The van der Waals surface area contributed by atoms with Crippen LogP contribution >= 0.6 is 24.0 Å². The molecule has 0 spiro atoms. The Morgan fingerprint density at radius 2 is 1.88 bits per heavy atom. The van der Waals surface area contributed by atoms with Crippen LogP contribution in [0.2, 0.25) is 0 Å². The molecule has 1 aromatic heterocycles. The van der Waals surface area contributed by atoms with Gasteiger partial charge < -0.3 is 9.47 Å². The average Bonchev–Trinajstić information content (AvgIpc) is 3.23. The number of carbonyl (C=O) groups is 1. The first kappa shape index (κ1) is 22.2. The minimum Gasteiger partial charge on any atom is -0.493 e. The van der Waals surface area contributed by atoms with Crippen LogP contribution in [0.25, 0.3) is 11.8 Å². The molecule has 0 bridgehead atoms. The number of rotatable bonds is 4. The maximum absolute atomic E-state index is 13.4. The number of aromatic nitrogens is 2. The van der Waals surface area contributed by atoms with Gasteiger partial charge in [0, 0.05) is 12.6 Å². The Morgan fingerprint density at radius 1 is 1.12 bits per heavy atom. The second-order valence-electron chi connectivity index (χ2n) is 7.81. The van der Waals surface area contributed by atoms with Gasteiger partial charge >= 0.3 is 0 Å². The third-order valence-corrected chi connectivity index (χ3v) is 7.11. The third kappa shape index (κ3) is 3.57. The van der Waals surface area contributed by atoms with Crippen molar-refractivity contribution in [3.05, 3.63) is 86.7 Å². The van der Waals surface area contributed by atoms with E-state index >= 15 is 0 Å². The monoisotopic (exact) mass is 491 g/mol. The molecule has 34 heavy (non-hydrogen) atoms. The van der Waals surface area contributed by atoms with E-state index in [1.54, 1.807) is 31.8 Å². The van der Waals surface area contributed by atoms with Gasteiger partial charge in [0.2, 0.25) is 0 Å². The van der Waals surface area contributed by atoms with E-state index in [2.05, 4.69) is 0 Å². The lowest BCUT2D eigenvalue weighted by Gasteiger charge is -2.18. The SMILES string of the molecule is COc1cccc2c1OCC(C=C1SC(=S)N(c3c(C)n(C)n(-c4ccccc4)c3=O)C1=O)=C2. The van der Waals surface area contributed by atoms with E-state index in [0.29, 0.717) is 38.7 Å². The predicted octanol–water partition coefficient (Wildman–Crippen LogP) is 4.22. The zero-order valence-electron chi connectivity index (χ0n) is 18.8. The summed E-state index contributed by atoms with van der Waals surface area (Å²) in [6.45, 7) is 2.10. The van der Waals surface area contributed by atoms with Gasteiger partial charge in [0.15, 0.2) is 15.8 Å². The van der Waals surface area contributed by atoms with Crippen LogP contribution in [0.3, 0.4) is 0 Å². The number of benzene rings is 2. The van der Waals surface area contributed by atoms with Gasteiger partial charge in [-0.05, 0) is 42.8 Å². The number of hydrogen-bond donors (Lipinski definition) is 0. The summed E-state index contributed by atoms with van der Waals surface area (Å²) in [6, 6.07) is 14.9. The van der Waals surface area contributed by atoms with Crippen LogP contribution in [0.5, 0.6) is 11.5 Å². The third-order valence-electron chi connectivity index (χ3n) is 5.81. The van der Waals surface area contributed by atoms with Crippen LogP contribution in [0.15, 0.2) is 69.9 Å². The van der Waals surface area contributed by atoms with Crippen molar-refractivity contribution in [3.8, 4) is 17.2 Å². The lowest BCUT2D eigenvalue weighted by Crippen LogP contribution is -2.33. The van der Waals surface area contributed by atoms with Gasteiger partial charge in [0.25, 0.3) is 11.5 Å². The van der Waals surface area contributed by atoms with Gasteiger partial charge in [-0.25, -0.2) is 4.68 Å². The van der Waals surface area contributed by atoms with Gasteiger partial charge in [0.1, 0.15) is 12.3 Å². The maximum Gasteiger partial charge on any atom is 0.296 e. The van der Waals surface area contributed by atoms with Crippen molar-refractivity contribution < 1.29 is 14.3 Å². The highest BCUT2D eigenvalue weighted by atomic mass is 32.2. The van der Waals surface area contributed by atoms with Gasteiger partial charge in [-0.2, -0.15) is 0 Å². The normalized spacial score (nSPS) is 16.5. The van der Waals surface area contributed by atoms with E-state index in [1.165, 1.54) is 21.3 Å². The Morgan fingerprint density at radius 3 is 2.62 bits per heavy atom. The molecule has 7 nitrogen and oxygen atoms in total. The van der Waals surface area contributed by atoms with E-state index in [4.69, 9.17) is 21.7 Å². The molecule has 2 aliphatic heterocycles. The van der Waals surface area contributed by atoms with Crippen LogP contribution in [-0.2, 0) is 11.8 Å². The van der Waals surface area contributed by atoms with Crippen molar-refractivity contribution in [2.45, 2.75) is 6.92 Å². The molecule has 5 rings (SSSR count). The van der Waals surface area contributed by atoms with Crippen molar-refractivity contribution in [1.29, 1.82) is 0 Å². The number of nitrogens with zero attached hydrogens (tertiary/aromatic N) is 3. The summed E-state index contributed by atoms with van der Waals surface area (Å²) < 4.78 is 14.8. The van der Waals surface area contributed by atoms with Crippen molar-refractivity contribution >= 4 is 46.0 Å². The van der Waals surface area contributed by atoms with Crippen LogP contribution in [0.1, 0.15) is 11.3 Å². The molecule has 0 radical (unpaired) electrons. The summed E-state index contributed by atoms with van der Waals surface area (Å²) in [5, 5.41) is 0. The average molecular weight is 492 g/mol. The number of hydrogen-bond acceptors (Lipinski definition) is 6. The van der Waals surface area contributed by atoms with Crippen LogP contribution < -0.4 is 19.9 Å². The molecule has 1 fully saturated rings. The summed E-state index contributed by atoms with van der Waals surface area (Å²) in [4.78, 5) is 28.6. The fourth-order valence-corrected chi connectivity index (χ4v) is 5.37. The molecule has 0 saturated carbocycles. The van der Waals surface area contributed by atoms with Crippen molar-refractivity contribution in [2.75, 3.05) is 18.6 Å². The Bertz CT molecular complexity index is 1450. The first-order chi connectivity index (χ1) is 16.4. The van der Waals surface area contributed by atoms with Crippen molar-refractivity contribution in [1.82, 2.24) is 9.36 Å². The summed E-state index contributed by atoms with van der Waals surface area (Å²) in [6.07, 6.45) is 3.74. The lowest BCUT2D eigenvalue weighted by molar-refractivity contribution is -0.113. The number of anilines is 1. The first-order valence-corrected chi connectivity index (χ1v) is 11.8. The highest BCUT2D eigenvalue weighted by Gasteiger charge is 2.38. The lowest BCUT2D eigenvalue weighted by atomic mass is 10.1. The van der Waals surface area contributed by atoms with E-state index in [-0.39, 0.29) is 17.2 Å². The minimum atomic E-state index is -0.321. The van der Waals surface area contributed by atoms with E-state index in [0.717, 1.165) is 11.1 Å². The highest BCUT2D eigenvalue weighted by Crippen LogP contribution is 2.39. The molecule has 3 aromatic rings. The van der Waals surface area contributed by atoms with Crippen molar-refractivity contribution in [2.24, 2.45) is 7.05 Å². The van der Waals surface area contributed by atoms with Crippen LogP contribution in [-0.4, -0.2) is 33.3 Å². The number of carbonyl (C=O) groups excluding carboxylic acids is 1. The molecule has 172 valence electrons. The number of methoxy groups -OCH3 is 1. The second-order valence-corrected chi connectivity index (χ2v) is 9.49. The zero-order chi connectivity index (χ0) is 24.0. The van der Waals surface area contributed by atoms with Crippen molar-refractivity contribution in [3.63, 3.8) is 0 Å². The summed E-state index contributed by atoms with van der Waals surface area (Å²) in [5.74, 6) is 1.02. The molecule has 1 amide bonds.